The Morgan fingerprint density at radius 3 is 2.06 bits per heavy atom. The van der Waals surface area contributed by atoms with E-state index in [1.165, 1.54) is 81.5 Å². The highest BCUT2D eigenvalue weighted by molar-refractivity contribution is 8.00. The number of rotatable bonds is 19. The molecule has 1 aliphatic rings. The first-order valence-corrected chi connectivity index (χ1v) is 13.9. The van der Waals surface area contributed by atoms with Crippen LogP contribution in [0.15, 0.2) is 11.6 Å². The van der Waals surface area contributed by atoms with Gasteiger partial charge in [0.1, 0.15) is 0 Å². The summed E-state index contributed by atoms with van der Waals surface area (Å²) in [5.41, 5.74) is 1.19. The number of allylic oxidation sites excluding steroid dienone is 1. The van der Waals surface area contributed by atoms with E-state index < -0.39 is 18.0 Å². The van der Waals surface area contributed by atoms with Gasteiger partial charge in [0.25, 0.3) is 0 Å². The molecule has 1 fully saturated rings. The van der Waals surface area contributed by atoms with Crippen LogP contribution in [0.3, 0.4) is 0 Å². The van der Waals surface area contributed by atoms with Crippen molar-refractivity contribution in [1.82, 2.24) is 0 Å². The highest BCUT2D eigenvalue weighted by Gasteiger charge is 2.35. The van der Waals surface area contributed by atoms with E-state index in [-0.39, 0.29) is 23.3 Å². The summed E-state index contributed by atoms with van der Waals surface area (Å²) in [6, 6.07) is 0. The lowest BCUT2D eigenvalue weighted by Crippen LogP contribution is -2.38. The number of aliphatic hydroxyl groups is 1. The average Bonchev–Trinajstić information content (AvgIpc) is 2.75. The molecule has 0 aromatic heterocycles. The van der Waals surface area contributed by atoms with Gasteiger partial charge in [-0.3, -0.25) is 9.59 Å². The van der Waals surface area contributed by atoms with Gasteiger partial charge in [0.2, 0.25) is 0 Å². The van der Waals surface area contributed by atoms with Gasteiger partial charge >= 0.3 is 11.9 Å². The van der Waals surface area contributed by atoms with E-state index in [0.717, 1.165) is 25.7 Å². The van der Waals surface area contributed by atoms with Gasteiger partial charge in [-0.15, -0.1) is 11.8 Å². The summed E-state index contributed by atoms with van der Waals surface area (Å²) < 4.78 is 0. The molecule has 0 aliphatic heterocycles. The SMILES string of the molecule is CCCCCCCCCCCCC/C=C1\CC[C@@H](CCCC(=O)O)[C@H](O)[C@H]1SCC(=O)O. The standard InChI is InChI=1S/C26H46O5S/c1-2-3-4-5-6-7-8-9-10-11-12-13-15-22-19-18-21(16-14-17-23(27)28)25(31)26(22)32-20-24(29)30/h15,21,25-26,31H,2-14,16-20H2,1H3,(H,27,28)(H,29,30)/b22-15+/t21-,25+,26+/m1/s1. The molecule has 1 saturated carbocycles. The molecule has 0 bridgehead atoms. The zero-order valence-corrected chi connectivity index (χ0v) is 20.9. The number of aliphatic hydroxyl groups excluding tert-OH is 1. The van der Waals surface area contributed by atoms with Gasteiger partial charge in [0.05, 0.1) is 17.1 Å². The fraction of sp³-hybridized carbons (Fsp3) is 0.846. The van der Waals surface area contributed by atoms with Gasteiger partial charge in [-0.05, 0) is 44.4 Å². The Balaban J connectivity index is 2.33. The van der Waals surface area contributed by atoms with Crippen LogP contribution in [-0.4, -0.2) is 44.4 Å². The van der Waals surface area contributed by atoms with Crippen molar-refractivity contribution in [2.75, 3.05) is 5.75 Å². The van der Waals surface area contributed by atoms with Crippen LogP contribution >= 0.6 is 11.8 Å². The van der Waals surface area contributed by atoms with Gasteiger partial charge in [-0.1, -0.05) is 82.8 Å². The number of thioether (sulfide) groups is 1. The fourth-order valence-corrected chi connectivity index (χ4v) is 5.81. The molecule has 3 atom stereocenters. The Bertz CT molecular complexity index is 548. The molecule has 5 nitrogen and oxygen atoms in total. The van der Waals surface area contributed by atoms with E-state index in [1.807, 2.05) is 0 Å². The van der Waals surface area contributed by atoms with Crippen LogP contribution in [0.4, 0.5) is 0 Å². The van der Waals surface area contributed by atoms with E-state index in [4.69, 9.17) is 10.2 Å². The third kappa shape index (κ3) is 13.5. The molecule has 0 radical (unpaired) electrons. The minimum Gasteiger partial charge on any atom is -0.481 e. The second-order valence-electron chi connectivity index (χ2n) is 9.30. The minimum absolute atomic E-state index is 0.0145. The number of unbranched alkanes of at least 4 members (excludes halogenated alkanes) is 11. The Kier molecular flexibility index (Phi) is 16.7. The highest BCUT2D eigenvalue weighted by Crippen LogP contribution is 2.39. The Morgan fingerprint density at radius 2 is 1.50 bits per heavy atom. The molecule has 186 valence electrons. The maximum absolute atomic E-state index is 11.1. The molecular weight excluding hydrogens is 424 g/mol. The number of carboxylic acid groups (broad SMARTS) is 2. The summed E-state index contributed by atoms with van der Waals surface area (Å²) in [4.78, 5) is 21.8. The van der Waals surface area contributed by atoms with Crippen molar-refractivity contribution in [2.24, 2.45) is 5.92 Å². The van der Waals surface area contributed by atoms with Crippen LogP contribution in [-0.2, 0) is 9.59 Å². The summed E-state index contributed by atoms with van der Waals surface area (Å²) in [6.45, 7) is 2.25. The molecule has 0 aromatic carbocycles. The predicted molar refractivity (Wildman–Crippen MR) is 133 cm³/mol. The second kappa shape index (κ2) is 18.4. The van der Waals surface area contributed by atoms with E-state index in [2.05, 4.69) is 13.0 Å². The van der Waals surface area contributed by atoms with Crippen LogP contribution in [0.5, 0.6) is 0 Å². The fourth-order valence-electron chi connectivity index (χ4n) is 4.64. The minimum atomic E-state index is -0.861. The molecule has 6 heteroatoms. The first kappa shape index (κ1) is 29.0. The topological polar surface area (TPSA) is 94.8 Å². The van der Waals surface area contributed by atoms with E-state index in [1.54, 1.807) is 0 Å². The molecule has 32 heavy (non-hydrogen) atoms. The number of hydrogen-bond donors (Lipinski definition) is 3. The van der Waals surface area contributed by atoms with Crippen LogP contribution in [0.2, 0.25) is 0 Å². The van der Waals surface area contributed by atoms with Gasteiger partial charge in [-0.25, -0.2) is 0 Å². The molecule has 0 aromatic rings. The number of carboxylic acids is 2. The van der Waals surface area contributed by atoms with Crippen molar-refractivity contribution in [3.05, 3.63) is 11.6 Å². The van der Waals surface area contributed by atoms with Gasteiger partial charge < -0.3 is 15.3 Å². The Labute approximate surface area is 199 Å². The van der Waals surface area contributed by atoms with Crippen LogP contribution < -0.4 is 0 Å². The monoisotopic (exact) mass is 470 g/mol. The number of aliphatic carboxylic acids is 2. The zero-order chi connectivity index (χ0) is 23.6. The molecule has 0 heterocycles. The first-order valence-electron chi connectivity index (χ1n) is 12.9. The van der Waals surface area contributed by atoms with Gasteiger partial charge in [-0.2, -0.15) is 0 Å². The van der Waals surface area contributed by atoms with Crippen molar-refractivity contribution < 1.29 is 24.9 Å². The number of hydrogen-bond acceptors (Lipinski definition) is 4. The third-order valence-electron chi connectivity index (χ3n) is 6.53. The highest BCUT2D eigenvalue weighted by atomic mass is 32.2. The van der Waals surface area contributed by atoms with Crippen molar-refractivity contribution >= 4 is 23.7 Å². The lowest BCUT2D eigenvalue weighted by atomic mass is 9.80. The average molecular weight is 471 g/mol. The lowest BCUT2D eigenvalue weighted by Gasteiger charge is -2.36. The molecule has 0 amide bonds. The van der Waals surface area contributed by atoms with Crippen molar-refractivity contribution in [2.45, 2.75) is 127 Å². The van der Waals surface area contributed by atoms with Crippen LogP contribution in [0.1, 0.15) is 116 Å². The largest absolute Gasteiger partial charge is 0.481 e. The second-order valence-corrected chi connectivity index (χ2v) is 10.4. The van der Waals surface area contributed by atoms with Crippen LogP contribution in [0.25, 0.3) is 0 Å². The van der Waals surface area contributed by atoms with Crippen molar-refractivity contribution in [1.29, 1.82) is 0 Å². The van der Waals surface area contributed by atoms with E-state index in [0.29, 0.717) is 12.8 Å². The van der Waals surface area contributed by atoms with Crippen LogP contribution in [0, 0.1) is 5.92 Å². The zero-order valence-electron chi connectivity index (χ0n) is 20.1. The predicted octanol–water partition coefficient (Wildman–Crippen LogP) is 6.83. The van der Waals surface area contributed by atoms with Crippen molar-refractivity contribution in [3.8, 4) is 0 Å². The van der Waals surface area contributed by atoms with Gasteiger partial charge in [0, 0.05) is 6.42 Å². The van der Waals surface area contributed by atoms with E-state index >= 15 is 0 Å². The molecule has 1 rings (SSSR count). The lowest BCUT2D eigenvalue weighted by molar-refractivity contribution is -0.137. The molecule has 0 saturated heterocycles. The third-order valence-corrected chi connectivity index (χ3v) is 7.88. The summed E-state index contributed by atoms with van der Waals surface area (Å²) in [6.07, 6.45) is 20.2. The van der Waals surface area contributed by atoms with Crippen molar-refractivity contribution in [3.63, 3.8) is 0 Å². The molecular formula is C26H46O5S. The first-order chi connectivity index (χ1) is 15.5. The number of carbonyl (C=O) groups is 2. The van der Waals surface area contributed by atoms with E-state index in [9.17, 15) is 14.7 Å². The maximum Gasteiger partial charge on any atom is 0.313 e. The summed E-state index contributed by atoms with van der Waals surface area (Å²) in [5.74, 6) is -1.63. The quantitative estimate of drug-likeness (QED) is 0.141. The Morgan fingerprint density at radius 1 is 0.906 bits per heavy atom. The summed E-state index contributed by atoms with van der Waals surface area (Å²) >= 11 is 1.32. The van der Waals surface area contributed by atoms with Gasteiger partial charge in [0.15, 0.2) is 0 Å². The molecule has 1 aliphatic carbocycles. The summed E-state index contributed by atoms with van der Waals surface area (Å²) in [7, 11) is 0. The smallest absolute Gasteiger partial charge is 0.313 e. The maximum atomic E-state index is 11.1. The summed E-state index contributed by atoms with van der Waals surface area (Å²) in [5, 5.41) is 28.6. The molecule has 3 N–H and O–H groups in total. The normalized spacial score (nSPS) is 22.3. The molecule has 0 unspecified atom stereocenters. The Hall–Kier alpha value is -1.01. The molecule has 0 spiro atoms.